The van der Waals surface area contributed by atoms with E-state index in [-0.39, 0.29) is 23.6 Å². The van der Waals surface area contributed by atoms with Crippen molar-refractivity contribution in [2.24, 2.45) is 5.41 Å². The third-order valence-corrected chi connectivity index (χ3v) is 6.75. The number of ether oxygens (including phenoxy) is 3. The fraction of sp³-hybridized carbons (Fsp3) is 0.708. The fourth-order valence-corrected chi connectivity index (χ4v) is 5.28. The molecule has 1 atom stereocenters. The van der Waals surface area contributed by atoms with E-state index in [1.165, 1.54) is 0 Å². The number of nitrogens with zero attached hydrogens (tertiary/aromatic N) is 1. The molecule has 2 heterocycles. The van der Waals surface area contributed by atoms with Crippen LogP contribution in [-0.4, -0.2) is 49.8 Å². The lowest BCUT2D eigenvalue weighted by molar-refractivity contribution is -0.170. The van der Waals surface area contributed by atoms with Crippen molar-refractivity contribution in [1.82, 2.24) is 4.90 Å². The summed E-state index contributed by atoms with van der Waals surface area (Å²) in [4.78, 5) is 15.6. The molecule has 29 heavy (non-hydrogen) atoms. The quantitative estimate of drug-likeness (QED) is 0.595. The third kappa shape index (κ3) is 4.95. The van der Waals surface area contributed by atoms with Crippen LogP contribution in [0.1, 0.15) is 64.4 Å². The summed E-state index contributed by atoms with van der Waals surface area (Å²) in [6.45, 7) is 6.74. The molecule has 5 heteroatoms. The molecule has 0 N–H and O–H groups in total. The van der Waals surface area contributed by atoms with Gasteiger partial charge < -0.3 is 19.1 Å². The average Bonchev–Trinajstić information content (AvgIpc) is 3.03. The van der Waals surface area contributed by atoms with Crippen molar-refractivity contribution < 1.29 is 19.0 Å². The van der Waals surface area contributed by atoms with E-state index >= 15 is 0 Å². The summed E-state index contributed by atoms with van der Waals surface area (Å²) < 4.78 is 17.6. The van der Waals surface area contributed by atoms with Gasteiger partial charge in [-0.2, -0.15) is 0 Å². The van der Waals surface area contributed by atoms with Crippen LogP contribution in [0.2, 0.25) is 0 Å². The molecular weight excluding hydrogens is 366 g/mol. The first kappa shape index (κ1) is 22.1. The number of methoxy groups -OCH3 is 1. The topological polar surface area (TPSA) is 48.0 Å². The molecule has 2 aliphatic heterocycles. The number of rotatable bonds is 8. The SMILES string of the molecule is CCCC1(CCC)CC2(CCN(C)CC2)OC1C(=O)OCc1ccc(OC)cc1. The molecule has 0 aromatic heterocycles. The highest BCUT2D eigenvalue weighted by molar-refractivity contribution is 5.76. The van der Waals surface area contributed by atoms with Crippen molar-refractivity contribution in [2.75, 3.05) is 27.2 Å². The van der Waals surface area contributed by atoms with Gasteiger partial charge >= 0.3 is 5.97 Å². The maximum atomic E-state index is 13.2. The second-order valence-corrected chi connectivity index (χ2v) is 8.98. The fourth-order valence-electron chi connectivity index (χ4n) is 5.28. The van der Waals surface area contributed by atoms with Gasteiger partial charge in [0.1, 0.15) is 12.4 Å². The van der Waals surface area contributed by atoms with E-state index in [4.69, 9.17) is 14.2 Å². The lowest BCUT2D eigenvalue weighted by Crippen LogP contribution is -2.43. The molecular formula is C24H37NO4. The molecule has 0 amide bonds. The zero-order chi connectivity index (χ0) is 20.9. The third-order valence-electron chi connectivity index (χ3n) is 6.75. The molecule has 0 aliphatic carbocycles. The Morgan fingerprint density at radius 1 is 1.14 bits per heavy atom. The minimum Gasteiger partial charge on any atom is -0.497 e. The Bertz CT molecular complexity index is 658. The molecule has 0 radical (unpaired) electrons. The van der Waals surface area contributed by atoms with Crippen molar-refractivity contribution in [1.29, 1.82) is 0 Å². The maximum Gasteiger partial charge on any atom is 0.336 e. The minimum absolute atomic E-state index is 0.101. The Balaban J connectivity index is 1.74. The molecule has 1 spiro atoms. The molecule has 1 aromatic carbocycles. The number of piperidine rings is 1. The second-order valence-electron chi connectivity index (χ2n) is 8.98. The van der Waals surface area contributed by atoms with Gasteiger partial charge in [0, 0.05) is 18.5 Å². The van der Waals surface area contributed by atoms with Crippen LogP contribution < -0.4 is 4.74 Å². The summed E-state index contributed by atoms with van der Waals surface area (Å²) in [5.74, 6) is 0.604. The highest BCUT2D eigenvalue weighted by atomic mass is 16.6. The maximum absolute atomic E-state index is 13.2. The van der Waals surface area contributed by atoms with Crippen molar-refractivity contribution in [3.8, 4) is 5.75 Å². The van der Waals surface area contributed by atoms with E-state index in [0.717, 1.165) is 69.3 Å². The predicted octanol–water partition coefficient (Wildman–Crippen LogP) is 4.58. The number of carbonyl (C=O) groups is 1. The summed E-state index contributed by atoms with van der Waals surface area (Å²) >= 11 is 0. The molecule has 5 nitrogen and oxygen atoms in total. The number of benzene rings is 1. The zero-order valence-electron chi connectivity index (χ0n) is 18.5. The molecule has 0 bridgehead atoms. The van der Waals surface area contributed by atoms with E-state index in [2.05, 4.69) is 25.8 Å². The van der Waals surface area contributed by atoms with E-state index in [1.807, 2.05) is 24.3 Å². The van der Waals surface area contributed by atoms with Gasteiger partial charge in [0.15, 0.2) is 6.10 Å². The predicted molar refractivity (Wildman–Crippen MR) is 114 cm³/mol. The Hall–Kier alpha value is -1.59. The summed E-state index contributed by atoms with van der Waals surface area (Å²) in [7, 11) is 3.81. The smallest absolute Gasteiger partial charge is 0.336 e. The van der Waals surface area contributed by atoms with Gasteiger partial charge in [-0.1, -0.05) is 38.8 Å². The number of hydrogen-bond acceptors (Lipinski definition) is 5. The number of hydrogen-bond donors (Lipinski definition) is 0. The van der Waals surface area contributed by atoms with Gasteiger partial charge in [-0.3, -0.25) is 0 Å². The zero-order valence-corrected chi connectivity index (χ0v) is 18.5. The Labute approximate surface area is 175 Å². The summed E-state index contributed by atoms with van der Waals surface area (Å²) in [6.07, 6.45) is 6.67. The van der Waals surface area contributed by atoms with Gasteiger partial charge in [0.25, 0.3) is 0 Å². The molecule has 3 rings (SSSR count). The number of carbonyl (C=O) groups excluding carboxylic acids is 1. The standard InChI is InChI=1S/C24H37NO4/c1-5-11-23(12-6-2)18-24(13-15-25(3)16-14-24)29-21(23)22(26)28-17-19-7-9-20(27-4)10-8-19/h7-10,21H,5-6,11-18H2,1-4H3. The Kier molecular flexibility index (Phi) is 7.23. The van der Waals surface area contributed by atoms with E-state index in [9.17, 15) is 4.79 Å². The molecule has 1 aromatic rings. The van der Waals surface area contributed by atoms with Crippen LogP contribution in [0.25, 0.3) is 0 Å². The van der Waals surface area contributed by atoms with Gasteiger partial charge in [0.2, 0.25) is 0 Å². The normalized spacial score (nSPS) is 23.2. The molecule has 2 saturated heterocycles. The van der Waals surface area contributed by atoms with Crippen molar-refractivity contribution in [2.45, 2.75) is 77.1 Å². The number of likely N-dealkylation sites (tertiary alicyclic amines) is 1. The first-order valence-electron chi connectivity index (χ1n) is 11.1. The molecule has 162 valence electrons. The van der Waals surface area contributed by atoms with E-state index < -0.39 is 6.10 Å². The van der Waals surface area contributed by atoms with Crippen molar-refractivity contribution in [3.05, 3.63) is 29.8 Å². The average molecular weight is 404 g/mol. The van der Waals surface area contributed by atoms with E-state index in [0.29, 0.717) is 0 Å². The first-order chi connectivity index (χ1) is 14.0. The largest absolute Gasteiger partial charge is 0.497 e. The van der Waals surface area contributed by atoms with Crippen LogP contribution in [0.5, 0.6) is 5.75 Å². The highest BCUT2D eigenvalue weighted by Crippen LogP contribution is 2.54. The van der Waals surface area contributed by atoms with E-state index in [1.54, 1.807) is 7.11 Å². The van der Waals surface area contributed by atoms with Gasteiger partial charge in [0.05, 0.1) is 12.7 Å². The van der Waals surface area contributed by atoms with Crippen LogP contribution in [0.15, 0.2) is 24.3 Å². The molecule has 2 fully saturated rings. The first-order valence-corrected chi connectivity index (χ1v) is 11.1. The monoisotopic (exact) mass is 403 g/mol. The van der Waals surface area contributed by atoms with Crippen LogP contribution in [-0.2, 0) is 20.9 Å². The minimum atomic E-state index is -0.455. The summed E-state index contributed by atoms with van der Waals surface area (Å²) in [6, 6.07) is 7.65. The van der Waals surface area contributed by atoms with Crippen LogP contribution in [0.4, 0.5) is 0 Å². The van der Waals surface area contributed by atoms with Gasteiger partial charge in [-0.25, -0.2) is 4.79 Å². The Morgan fingerprint density at radius 2 is 1.76 bits per heavy atom. The highest BCUT2D eigenvalue weighted by Gasteiger charge is 2.58. The van der Waals surface area contributed by atoms with Crippen molar-refractivity contribution in [3.63, 3.8) is 0 Å². The van der Waals surface area contributed by atoms with Crippen LogP contribution in [0.3, 0.4) is 0 Å². The summed E-state index contributed by atoms with van der Waals surface area (Å²) in [5.41, 5.74) is 0.694. The van der Waals surface area contributed by atoms with Crippen LogP contribution in [0, 0.1) is 5.41 Å². The number of esters is 1. The Morgan fingerprint density at radius 3 is 2.31 bits per heavy atom. The summed E-state index contributed by atoms with van der Waals surface area (Å²) in [5, 5.41) is 0. The second kappa shape index (κ2) is 9.48. The molecule has 2 aliphatic rings. The van der Waals surface area contributed by atoms with Crippen molar-refractivity contribution >= 4 is 5.97 Å². The van der Waals surface area contributed by atoms with Gasteiger partial charge in [-0.05, 0) is 56.8 Å². The molecule has 0 saturated carbocycles. The van der Waals surface area contributed by atoms with Gasteiger partial charge in [-0.15, -0.1) is 0 Å². The lowest BCUT2D eigenvalue weighted by atomic mass is 9.69. The van der Waals surface area contributed by atoms with Crippen LogP contribution >= 0.6 is 0 Å². The lowest BCUT2D eigenvalue weighted by Gasteiger charge is -2.38. The molecule has 1 unspecified atom stereocenters.